The summed E-state index contributed by atoms with van der Waals surface area (Å²) in [4.78, 5) is 15.6. The fourth-order valence-corrected chi connectivity index (χ4v) is 2.86. The van der Waals surface area contributed by atoms with Crippen molar-refractivity contribution in [1.29, 1.82) is 0 Å². The first-order valence-corrected chi connectivity index (χ1v) is 6.30. The van der Waals surface area contributed by atoms with Gasteiger partial charge in [-0.1, -0.05) is 0 Å². The molecule has 3 heterocycles. The van der Waals surface area contributed by atoms with E-state index in [0.717, 1.165) is 19.3 Å². The molecule has 1 aromatic heterocycles. The normalized spacial score (nSPS) is 29.4. The summed E-state index contributed by atoms with van der Waals surface area (Å²) in [6.45, 7) is 0.613. The number of rotatable bonds is 3. The molecular weight excluding hydrogens is 232 g/mol. The second-order valence-corrected chi connectivity index (χ2v) is 4.97. The largest absolute Gasteiger partial charge is 0.505 e. The van der Waals surface area contributed by atoms with E-state index < -0.39 is 0 Å². The summed E-state index contributed by atoms with van der Waals surface area (Å²) >= 11 is 0. The molecule has 2 saturated heterocycles. The van der Waals surface area contributed by atoms with E-state index in [2.05, 4.69) is 10.3 Å². The third-order valence-electron chi connectivity index (χ3n) is 3.80. The van der Waals surface area contributed by atoms with Crippen LogP contribution in [0.25, 0.3) is 0 Å². The lowest BCUT2D eigenvalue weighted by atomic mass is 9.89. The van der Waals surface area contributed by atoms with Crippen molar-refractivity contribution in [3.63, 3.8) is 0 Å². The molecule has 2 bridgehead atoms. The molecule has 0 aromatic carbocycles. The summed E-state index contributed by atoms with van der Waals surface area (Å²) in [7, 11) is 0. The molecule has 96 valence electrons. The first-order valence-electron chi connectivity index (χ1n) is 6.30. The highest BCUT2D eigenvalue weighted by Crippen LogP contribution is 2.38. The van der Waals surface area contributed by atoms with Crippen LogP contribution in [0.2, 0.25) is 0 Å². The smallest absolute Gasteiger partial charge is 0.255 e. The maximum absolute atomic E-state index is 11.9. The number of fused-ring (bicyclic) bond motifs is 2. The number of aromatic nitrogens is 1. The molecule has 5 nitrogen and oxygen atoms in total. The molecule has 3 unspecified atom stereocenters. The summed E-state index contributed by atoms with van der Waals surface area (Å²) in [6, 6.07) is 1.52. The molecule has 3 atom stereocenters. The molecule has 3 rings (SSSR count). The monoisotopic (exact) mass is 248 g/mol. The van der Waals surface area contributed by atoms with E-state index in [1.165, 1.54) is 18.5 Å². The van der Waals surface area contributed by atoms with E-state index >= 15 is 0 Å². The number of pyridine rings is 1. The average molecular weight is 248 g/mol. The lowest BCUT2D eigenvalue weighted by Gasteiger charge is -2.18. The van der Waals surface area contributed by atoms with Gasteiger partial charge in [-0.25, -0.2) is 0 Å². The van der Waals surface area contributed by atoms with Crippen LogP contribution in [-0.4, -0.2) is 34.8 Å². The Hall–Kier alpha value is -1.62. The Morgan fingerprint density at radius 2 is 2.44 bits per heavy atom. The minimum Gasteiger partial charge on any atom is -0.505 e. The molecule has 0 saturated carbocycles. The van der Waals surface area contributed by atoms with Gasteiger partial charge in [0.2, 0.25) is 0 Å². The van der Waals surface area contributed by atoms with E-state index in [4.69, 9.17) is 4.74 Å². The van der Waals surface area contributed by atoms with Gasteiger partial charge in [-0.2, -0.15) is 0 Å². The molecule has 18 heavy (non-hydrogen) atoms. The molecule has 0 aliphatic carbocycles. The van der Waals surface area contributed by atoms with Gasteiger partial charge >= 0.3 is 0 Å². The Kier molecular flexibility index (Phi) is 2.91. The van der Waals surface area contributed by atoms with Crippen LogP contribution in [0, 0.1) is 5.92 Å². The Morgan fingerprint density at radius 1 is 1.56 bits per heavy atom. The van der Waals surface area contributed by atoms with Crippen molar-refractivity contribution >= 4 is 5.91 Å². The van der Waals surface area contributed by atoms with Crippen molar-refractivity contribution < 1.29 is 14.6 Å². The lowest BCUT2D eigenvalue weighted by Crippen LogP contribution is -2.33. The van der Waals surface area contributed by atoms with E-state index in [9.17, 15) is 9.90 Å². The molecule has 2 fully saturated rings. The van der Waals surface area contributed by atoms with Gasteiger partial charge in [0.1, 0.15) is 5.75 Å². The fraction of sp³-hybridized carbons (Fsp3) is 0.538. The highest BCUT2D eigenvalue weighted by Gasteiger charge is 2.40. The Balaban J connectivity index is 1.57. The first kappa shape index (κ1) is 11.5. The van der Waals surface area contributed by atoms with Crippen LogP contribution in [0.15, 0.2) is 18.5 Å². The lowest BCUT2D eigenvalue weighted by molar-refractivity contribution is 0.0872. The summed E-state index contributed by atoms with van der Waals surface area (Å²) < 4.78 is 5.74. The molecule has 0 spiro atoms. The van der Waals surface area contributed by atoms with Crippen molar-refractivity contribution in [1.82, 2.24) is 10.3 Å². The first-order chi connectivity index (χ1) is 8.74. The summed E-state index contributed by atoms with van der Waals surface area (Å²) in [6.07, 6.45) is 6.76. The Bertz CT molecular complexity index is 463. The standard InChI is InChI=1S/C13H16N2O3/c16-11-7-14-4-3-10(11)13(17)15-6-8-5-9-1-2-12(8)18-9/h3-4,7-9,12,16H,1-2,5-6H2,(H,15,17). The zero-order chi connectivity index (χ0) is 12.5. The van der Waals surface area contributed by atoms with Crippen LogP contribution in [-0.2, 0) is 4.74 Å². The second-order valence-electron chi connectivity index (χ2n) is 4.97. The van der Waals surface area contributed by atoms with E-state index in [1.54, 1.807) is 0 Å². The summed E-state index contributed by atoms with van der Waals surface area (Å²) in [5.74, 6) is 0.0774. The van der Waals surface area contributed by atoms with E-state index in [1.807, 2.05) is 0 Å². The third kappa shape index (κ3) is 2.06. The fourth-order valence-electron chi connectivity index (χ4n) is 2.86. The summed E-state index contributed by atoms with van der Waals surface area (Å²) in [5.41, 5.74) is 0.272. The molecule has 1 aromatic rings. The predicted molar refractivity (Wildman–Crippen MR) is 64.2 cm³/mol. The Morgan fingerprint density at radius 3 is 3.11 bits per heavy atom. The van der Waals surface area contributed by atoms with Gasteiger partial charge in [0.25, 0.3) is 5.91 Å². The zero-order valence-electron chi connectivity index (χ0n) is 10.0. The SMILES string of the molecule is O=C(NCC1CC2CCC1O2)c1ccncc1O. The van der Waals surface area contributed by atoms with Gasteiger partial charge < -0.3 is 15.2 Å². The van der Waals surface area contributed by atoms with Crippen LogP contribution in [0.3, 0.4) is 0 Å². The highest BCUT2D eigenvalue weighted by molar-refractivity contribution is 5.96. The van der Waals surface area contributed by atoms with Gasteiger partial charge in [0.05, 0.1) is 24.0 Å². The number of amides is 1. The minimum absolute atomic E-state index is 0.0841. The van der Waals surface area contributed by atoms with E-state index in [0.29, 0.717) is 24.7 Å². The van der Waals surface area contributed by atoms with E-state index in [-0.39, 0.29) is 17.2 Å². The maximum atomic E-state index is 11.9. The number of nitrogens with zero attached hydrogens (tertiary/aromatic N) is 1. The number of hydrogen-bond acceptors (Lipinski definition) is 4. The van der Waals surface area contributed by atoms with Crippen molar-refractivity contribution in [2.45, 2.75) is 31.5 Å². The molecule has 5 heteroatoms. The topological polar surface area (TPSA) is 71.5 Å². The molecular formula is C13H16N2O3. The van der Waals surface area contributed by atoms with Gasteiger partial charge in [-0.15, -0.1) is 0 Å². The molecule has 0 radical (unpaired) electrons. The highest BCUT2D eigenvalue weighted by atomic mass is 16.5. The maximum Gasteiger partial charge on any atom is 0.255 e. The van der Waals surface area contributed by atoms with Crippen molar-refractivity contribution in [3.05, 3.63) is 24.0 Å². The van der Waals surface area contributed by atoms with Crippen LogP contribution < -0.4 is 5.32 Å². The molecule has 2 aliphatic heterocycles. The molecule has 2 aliphatic rings. The summed E-state index contributed by atoms with van der Waals surface area (Å²) in [5, 5.41) is 12.4. The molecule has 2 N–H and O–H groups in total. The second kappa shape index (κ2) is 4.57. The molecule has 1 amide bonds. The number of hydrogen-bond donors (Lipinski definition) is 2. The number of carbonyl (C=O) groups excluding carboxylic acids is 1. The van der Waals surface area contributed by atoms with Crippen LogP contribution in [0.5, 0.6) is 5.75 Å². The Labute approximate surface area is 105 Å². The van der Waals surface area contributed by atoms with Crippen LogP contribution in [0.1, 0.15) is 29.6 Å². The predicted octanol–water partition coefficient (Wildman–Crippen LogP) is 1.08. The average Bonchev–Trinajstić information content (AvgIpc) is 2.98. The third-order valence-corrected chi connectivity index (χ3v) is 3.80. The number of aromatic hydroxyl groups is 1. The van der Waals surface area contributed by atoms with Crippen molar-refractivity contribution in [2.24, 2.45) is 5.92 Å². The number of nitrogens with one attached hydrogen (secondary N) is 1. The van der Waals surface area contributed by atoms with Crippen molar-refractivity contribution in [2.75, 3.05) is 6.54 Å². The van der Waals surface area contributed by atoms with Crippen molar-refractivity contribution in [3.8, 4) is 5.75 Å². The van der Waals surface area contributed by atoms with Gasteiger partial charge in [-0.05, 0) is 25.3 Å². The van der Waals surface area contributed by atoms with Gasteiger partial charge in [0, 0.05) is 18.7 Å². The quantitative estimate of drug-likeness (QED) is 0.839. The number of ether oxygens (including phenoxy) is 1. The number of carbonyl (C=O) groups is 1. The van der Waals surface area contributed by atoms with Crippen LogP contribution in [0.4, 0.5) is 0 Å². The van der Waals surface area contributed by atoms with Gasteiger partial charge in [0.15, 0.2) is 0 Å². The minimum atomic E-state index is -0.252. The van der Waals surface area contributed by atoms with Gasteiger partial charge in [-0.3, -0.25) is 9.78 Å². The zero-order valence-corrected chi connectivity index (χ0v) is 10.0. The van der Waals surface area contributed by atoms with Crippen LogP contribution >= 0.6 is 0 Å².